The SMILES string of the molecule is CCOC(=O)c1csc(CN(CCOC)C(=O)Nc2ccc(C(C)C)cc2)n1. The number of amides is 2. The van der Waals surface area contributed by atoms with E-state index in [0.717, 1.165) is 5.69 Å². The average Bonchev–Trinajstić information content (AvgIpc) is 3.14. The highest BCUT2D eigenvalue weighted by molar-refractivity contribution is 7.09. The molecule has 2 aromatic rings. The summed E-state index contributed by atoms with van der Waals surface area (Å²) in [7, 11) is 1.59. The first kappa shape index (κ1) is 21.8. The molecule has 0 saturated carbocycles. The number of benzene rings is 1. The Hall–Kier alpha value is -2.45. The fourth-order valence-electron chi connectivity index (χ4n) is 2.45. The summed E-state index contributed by atoms with van der Waals surface area (Å²) in [5, 5.41) is 5.20. The van der Waals surface area contributed by atoms with Crippen molar-refractivity contribution in [2.45, 2.75) is 33.2 Å². The molecule has 2 amide bonds. The first-order valence-electron chi connectivity index (χ1n) is 9.21. The topological polar surface area (TPSA) is 80.8 Å². The number of carbonyl (C=O) groups is 2. The van der Waals surface area contributed by atoms with E-state index in [9.17, 15) is 9.59 Å². The van der Waals surface area contributed by atoms with Crippen molar-refractivity contribution >= 4 is 29.0 Å². The number of anilines is 1. The van der Waals surface area contributed by atoms with E-state index < -0.39 is 5.97 Å². The minimum atomic E-state index is -0.455. The molecule has 1 aromatic heterocycles. The summed E-state index contributed by atoms with van der Waals surface area (Å²) >= 11 is 1.32. The third-order valence-corrected chi connectivity index (χ3v) is 4.88. The van der Waals surface area contributed by atoms with Gasteiger partial charge in [-0.05, 0) is 30.5 Å². The van der Waals surface area contributed by atoms with Crippen LogP contribution in [0.1, 0.15) is 47.7 Å². The van der Waals surface area contributed by atoms with Crippen molar-refractivity contribution in [1.29, 1.82) is 0 Å². The number of nitrogens with one attached hydrogen (secondary N) is 1. The van der Waals surface area contributed by atoms with E-state index >= 15 is 0 Å². The number of esters is 1. The molecule has 0 saturated heterocycles. The summed E-state index contributed by atoms with van der Waals surface area (Å²) in [4.78, 5) is 30.4. The Morgan fingerprint density at radius 1 is 1.25 bits per heavy atom. The van der Waals surface area contributed by atoms with Crippen molar-refractivity contribution in [2.75, 3.05) is 32.2 Å². The molecule has 0 spiro atoms. The Morgan fingerprint density at radius 3 is 2.57 bits per heavy atom. The maximum absolute atomic E-state index is 12.7. The van der Waals surface area contributed by atoms with Gasteiger partial charge in [0.1, 0.15) is 5.01 Å². The Labute approximate surface area is 169 Å². The first-order valence-corrected chi connectivity index (χ1v) is 10.1. The van der Waals surface area contributed by atoms with Gasteiger partial charge in [-0.1, -0.05) is 26.0 Å². The number of ether oxygens (including phenoxy) is 2. The number of nitrogens with zero attached hydrogens (tertiary/aromatic N) is 2. The van der Waals surface area contributed by atoms with E-state index in [4.69, 9.17) is 9.47 Å². The number of hydrogen-bond acceptors (Lipinski definition) is 6. The molecular weight excluding hydrogens is 378 g/mol. The van der Waals surface area contributed by atoms with E-state index in [1.165, 1.54) is 16.9 Å². The van der Waals surface area contributed by atoms with Crippen LogP contribution < -0.4 is 5.32 Å². The van der Waals surface area contributed by atoms with Gasteiger partial charge in [0.15, 0.2) is 5.69 Å². The van der Waals surface area contributed by atoms with E-state index in [0.29, 0.717) is 30.7 Å². The summed E-state index contributed by atoms with van der Waals surface area (Å²) in [6, 6.07) is 7.55. The molecule has 1 heterocycles. The second kappa shape index (κ2) is 10.8. The molecule has 0 fully saturated rings. The zero-order valence-electron chi connectivity index (χ0n) is 16.7. The molecule has 0 aliphatic heterocycles. The van der Waals surface area contributed by atoms with Crippen molar-refractivity contribution in [1.82, 2.24) is 9.88 Å². The lowest BCUT2D eigenvalue weighted by molar-refractivity contribution is 0.0520. The van der Waals surface area contributed by atoms with Gasteiger partial charge in [-0.15, -0.1) is 11.3 Å². The Kier molecular flexibility index (Phi) is 8.41. The average molecular weight is 406 g/mol. The fraction of sp³-hybridized carbons (Fsp3) is 0.450. The van der Waals surface area contributed by atoms with Crippen LogP contribution in [0.2, 0.25) is 0 Å². The maximum atomic E-state index is 12.7. The van der Waals surface area contributed by atoms with Crippen molar-refractivity contribution in [3.63, 3.8) is 0 Å². The van der Waals surface area contributed by atoms with Gasteiger partial charge < -0.3 is 19.7 Å². The van der Waals surface area contributed by atoms with Gasteiger partial charge in [0.05, 0.1) is 19.8 Å². The normalized spacial score (nSPS) is 10.8. The van der Waals surface area contributed by atoms with Gasteiger partial charge in [-0.2, -0.15) is 0 Å². The summed E-state index contributed by atoms with van der Waals surface area (Å²) in [6.45, 7) is 7.37. The lowest BCUT2D eigenvalue weighted by atomic mass is 10.0. The molecule has 152 valence electrons. The summed E-state index contributed by atoms with van der Waals surface area (Å²) in [5.74, 6) is -0.0235. The second-order valence-electron chi connectivity index (χ2n) is 6.47. The molecule has 1 N–H and O–H groups in total. The van der Waals surface area contributed by atoms with Crippen LogP contribution in [-0.4, -0.2) is 48.8 Å². The zero-order valence-corrected chi connectivity index (χ0v) is 17.5. The van der Waals surface area contributed by atoms with Crippen molar-refractivity contribution in [3.8, 4) is 0 Å². The number of thiazole rings is 1. The minimum absolute atomic E-state index is 0.248. The van der Waals surface area contributed by atoms with Crippen LogP contribution in [0.15, 0.2) is 29.6 Å². The van der Waals surface area contributed by atoms with E-state index in [1.807, 2.05) is 24.3 Å². The molecule has 0 aliphatic carbocycles. The van der Waals surface area contributed by atoms with Crippen LogP contribution in [0.3, 0.4) is 0 Å². The predicted octanol–water partition coefficient (Wildman–Crippen LogP) is 4.12. The van der Waals surface area contributed by atoms with Gasteiger partial charge in [-0.3, -0.25) is 0 Å². The van der Waals surface area contributed by atoms with Gasteiger partial charge in [-0.25, -0.2) is 14.6 Å². The van der Waals surface area contributed by atoms with Crippen molar-refractivity contribution in [3.05, 3.63) is 45.9 Å². The van der Waals surface area contributed by atoms with Crippen LogP contribution in [0.5, 0.6) is 0 Å². The number of methoxy groups -OCH3 is 1. The van der Waals surface area contributed by atoms with Crippen LogP contribution in [0, 0.1) is 0 Å². The van der Waals surface area contributed by atoms with Gasteiger partial charge in [0.25, 0.3) is 0 Å². The molecule has 0 bridgehead atoms. The summed E-state index contributed by atoms with van der Waals surface area (Å²) < 4.78 is 10.1. The zero-order chi connectivity index (χ0) is 20.5. The number of carbonyl (C=O) groups excluding carboxylic acids is 2. The van der Waals surface area contributed by atoms with E-state index in [-0.39, 0.29) is 18.3 Å². The Balaban J connectivity index is 2.05. The summed E-state index contributed by atoms with van der Waals surface area (Å²) in [6.07, 6.45) is 0. The molecular formula is C20H27N3O4S. The molecule has 0 aliphatic rings. The lowest BCUT2D eigenvalue weighted by Crippen LogP contribution is -2.36. The number of hydrogen-bond donors (Lipinski definition) is 1. The molecule has 7 nitrogen and oxygen atoms in total. The third kappa shape index (κ3) is 6.31. The molecule has 0 radical (unpaired) electrons. The van der Waals surface area contributed by atoms with Crippen LogP contribution in [0.4, 0.5) is 10.5 Å². The van der Waals surface area contributed by atoms with Crippen molar-refractivity contribution in [2.24, 2.45) is 0 Å². The molecule has 0 atom stereocenters. The lowest BCUT2D eigenvalue weighted by Gasteiger charge is -2.22. The molecule has 8 heteroatoms. The highest BCUT2D eigenvalue weighted by Gasteiger charge is 2.18. The molecule has 28 heavy (non-hydrogen) atoms. The van der Waals surface area contributed by atoms with Crippen LogP contribution in [0.25, 0.3) is 0 Å². The standard InChI is InChI=1S/C20H27N3O4S/c1-5-27-19(24)17-13-28-18(22-17)12-23(10-11-26-4)20(25)21-16-8-6-15(7-9-16)14(2)3/h6-9,13-14H,5,10-12H2,1-4H3,(H,21,25). The predicted molar refractivity (Wildman–Crippen MR) is 110 cm³/mol. The van der Waals surface area contributed by atoms with Gasteiger partial charge >= 0.3 is 12.0 Å². The highest BCUT2D eigenvalue weighted by Crippen LogP contribution is 2.18. The number of rotatable bonds is 9. The van der Waals surface area contributed by atoms with Gasteiger partial charge in [0.2, 0.25) is 0 Å². The van der Waals surface area contributed by atoms with E-state index in [2.05, 4.69) is 24.1 Å². The van der Waals surface area contributed by atoms with Crippen LogP contribution in [-0.2, 0) is 16.0 Å². The largest absolute Gasteiger partial charge is 0.461 e. The molecule has 1 aromatic carbocycles. The number of urea groups is 1. The Morgan fingerprint density at radius 2 is 1.96 bits per heavy atom. The third-order valence-electron chi connectivity index (χ3n) is 4.04. The summed E-state index contributed by atoms with van der Waals surface area (Å²) in [5.41, 5.74) is 2.20. The highest BCUT2D eigenvalue weighted by atomic mass is 32.1. The smallest absolute Gasteiger partial charge is 0.357 e. The quantitative estimate of drug-likeness (QED) is 0.635. The van der Waals surface area contributed by atoms with Crippen LogP contribution >= 0.6 is 11.3 Å². The molecule has 0 unspecified atom stereocenters. The second-order valence-corrected chi connectivity index (χ2v) is 7.41. The van der Waals surface area contributed by atoms with Gasteiger partial charge in [0, 0.05) is 24.7 Å². The Bertz CT molecular complexity index is 774. The monoisotopic (exact) mass is 405 g/mol. The molecule has 2 rings (SSSR count). The first-order chi connectivity index (χ1) is 13.4. The minimum Gasteiger partial charge on any atom is -0.461 e. The van der Waals surface area contributed by atoms with E-state index in [1.54, 1.807) is 24.3 Å². The fourth-order valence-corrected chi connectivity index (χ4v) is 3.23. The van der Waals surface area contributed by atoms with Crippen molar-refractivity contribution < 1.29 is 19.1 Å². The maximum Gasteiger partial charge on any atom is 0.357 e. The number of aromatic nitrogens is 1.